The summed E-state index contributed by atoms with van der Waals surface area (Å²) in [5, 5.41) is 4.01. The molecule has 2 nitrogen and oxygen atoms in total. The highest BCUT2D eigenvalue weighted by Gasteiger charge is 2.14. The van der Waals surface area contributed by atoms with Crippen LogP contribution in [0.15, 0.2) is 21.0 Å². The molecule has 0 aliphatic carbocycles. The van der Waals surface area contributed by atoms with Crippen molar-refractivity contribution in [3.05, 3.63) is 33.7 Å². The number of aryl methyl sites for hydroxylation is 1. The van der Waals surface area contributed by atoms with Gasteiger partial charge in [-0.25, -0.2) is 4.39 Å². The fraction of sp³-hybridized carbons (Fsp3) is 0.333. The molecule has 16 heavy (non-hydrogen) atoms. The van der Waals surface area contributed by atoms with Crippen molar-refractivity contribution >= 4 is 26.9 Å². The fourth-order valence-electron chi connectivity index (χ4n) is 1.70. The Bertz CT molecular complexity index is 521. The van der Waals surface area contributed by atoms with Crippen LogP contribution >= 0.6 is 15.9 Å². The van der Waals surface area contributed by atoms with Gasteiger partial charge < -0.3 is 9.73 Å². The van der Waals surface area contributed by atoms with Crippen LogP contribution in [0.5, 0.6) is 0 Å². The van der Waals surface area contributed by atoms with Crippen molar-refractivity contribution in [3.63, 3.8) is 0 Å². The number of furan rings is 1. The van der Waals surface area contributed by atoms with Crippen LogP contribution < -0.4 is 5.32 Å². The molecular weight excluding hydrogens is 273 g/mol. The average molecular weight is 286 g/mol. The van der Waals surface area contributed by atoms with E-state index in [0.29, 0.717) is 12.1 Å². The number of rotatable bonds is 3. The van der Waals surface area contributed by atoms with Crippen LogP contribution in [-0.2, 0) is 6.54 Å². The van der Waals surface area contributed by atoms with Crippen LogP contribution in [-0.4, -0.2) is 6.54 Å². The van der Waals surface area contributed by atoms with Gasteiger partial charge in [0.05, 0.1) is 6.54 Å². The summed E-state index contributed by atoms with van der Waals surface area (Å²) >= 11 is 3.28. The monoisotopic (exact) mass is 285 g/mol. The zero-order valence-corrected chi connectivity index (χ0v) is 10.8. The Hall–Kier alpha value is -0.870. The van der Waals surface area contributed by atoms with Crippen molar-refractivity contribution in [1.82, 2.24) is 5.32 Å². The van der Waals surface area contributed by atoms with E-state index >= 15 is 0 Å². The van der Waals surface area contributed by atoms with Crippen LogP contribution in [0.2, 0.25) is 0 Å². The minimum absolute atomic E-state index is 0.324. The minimum Gasteiger partial charge on any atom is -0.456 e. The van der Waals surface area contributed by atoms with Crippen molar-refractivity contribution in [1.29, 1.82) is 0 Å². The van der Waals surface area contributed by atoms with E-state index in [1.165, 1.54) is 6.07 Å². The molecule has 0 amide bonds. The van der Waals surface area contributed by atoms with Gasteiger partial charge in [-0.3, -0.25) is 0 Å². The second kappa shape index (κ2) is 4.55. The molecule has 0 spiro atoms. The number of halogens is 2. The second-order valence-corrected chi connectivity index (χ2v) is 4.61. The third-order valence-corrected chi connectivity index (χ3v) is 3.05. The second-order valence-electron chi connectivity index (χ2n) is 3.69. The summed E-state index contributed by atoms with van der Waals surface area (Å²) in [7, 11) is 0. The predicted molar refractivity (Wildman–Crippen MR) is 66.0 cm³/mol. The quantitative estimate of drug-likeness (QED) is 0.929. The minimum atomic E-state index is -0.324. The van der Waals surface area contributed by atoms with Gasteiger partial charge in [0, 0.05) is 9.86 Å². The molecule has 0 bridgehead atoms. The van der Waals surface area contributed by atoms with Gasteiger partial charge in [0.2, 0.25) is 0 Å². The average Bonchev–Trinajstić information content (AvgIpc) is 2.54. The molecule has 2 rings (SSSR count). The summed E-state index contributed by atoms with van der Waals surface area (Å²) < 4.78 is 19.9. The molecule has 0 saturated heterocycles. The molecule has 1 aromatic heterocycles. The van der Waals surface area contributed by atoms with E-state index in [0.717, 1.165) is 27.7 Å². The third-order valence-electron chi connectivity index (χ3n) is 2.59. The van der Waals surface area contributed by atoms with Gasteiger partial charge in [0.1, 0.15) is 5.76 Å². The first-order valence-corrected chi connectivity index (χ1v) is 6.00. The van der Waals surface area contributed by atoms with Crippen LogP contribution in [0.1, 0.15) is 18.2 Å². The number of hydrogen-bond donors (Lipinski definition) is 1. The van der Waals surface area contributed by atoms with Crippen molar-refractivity contribution in [3.8, 4) is 0 Å². The molecule has 1 aromatic carbocycles. The van der Waals surface area contributed by atoms with Crippen LogP contribution in [0.25, 0.3) is 11.0 Å². The summed E-state index contributed by atoms with van der Waals surface area (Å²) in [6.07, 6.45) is 0. The van der Waals surface area contributed by atoms with Crippen molar-refractivity contribution in [2.45, 2.75) is 20.4 Å². The van der Waals surface area contributed by atoms with E-state index in [9.17, 15) is 4.39 Å². The summed E-state index contributed by atoms with van der Waals surface area (Å²) in [4.78, 5) is 0. The topological polar surface area (TPSA) is 25.2 Å². The smallest absolute Gasteiger partial charge is 0.170 e. The molecular formula is C12H13BrFNO. The first kappa shape index (κ1) is 11.6. The van der Waals surface area contributed by atoms with Crippen LogP contribution in [0.4, 0.5) is 4.39 Å². The molecule has 0 unspecified atom stereocenters. The van der Waals surface area contributed by atoms with Gasteiger partial charge in [-0.2, -0.15) is 0 Å². The lowest BCUT2D eigenvalue weighted by Gasteiger charge is -1.97. The zero-order valence-electron chi connectivity index (χ0n) is 9.23. The summed E-state index contributed by atoms with van der Waals surface area (Å²) in [5.41, 5.74) is 1.34. The normalized spacial score (nSPS) is 11.2. The Morgan fingerprint density at radius 1 is 1.44 bits per heavy atom. The SMILES string of the molecule is CCNCc1oc2c(F)cc(Br)cc2c1C. The first-order chi connectivity index (χ1) is 7.63. The molecule has 1 heterocycles. The van der Waals surface area contributed by atoms with Gasteiger partial charge in [0.15, 0.2) is 11.4 Å². The van der Waals surface area contributed by atoms with E-state index in [2.05, 4.69) is 21.2 Å². The van der Waals surface area contributed by atoms with E-state index in [1.807, 2.05) is 19.9 Å². The van der Waals surface area contributed by atoms with E-state index in [-0.39, 0.29) is 5.82 Å². The Morgan fingerprint density at radius 3 is 2.88 bits per heavy atom. The Morgan fingerprint density at radius 2 is 2.19 bits per heavy atom. The molecule has 2 aromatic rings. The molecule has 0 radical (unpaired) electrons. The van der Waals surface area contributed by atoms with Gasteiger partial charge in [0.25, 0.3) is 0 Å². The largest absolute Gasteiger partial charge is 0.456 e. The first-order valence-electron chi connectivity index (χ1n) is 5.21. The summed E-state index contributed by atoms with van der Waals surface area (Å²) in [6, 6.07) is 3.30. The molecule has 86 valence electrons. The molecule has 0 aliphatic heterocycles. The van der Waals surface area contributed by atoms with Crippen molar-refractivity contribution in [2.75, 3.05) is 6.54 Å². The molecule has 0 saturated carbocycles. The zero-order chi connectivity index (χ0) is 11.7. The number of fused-ring (bicyclic) bond motifs is 1. The van der Waals surface area contributed by atoms with Gasteiger partial charge in [-0.05, 0) is 31.2 Å². The summed E-state index contributed by atoms with van der Waals surface area (Å²) in [6.45, 7) is 5.47. The van der Waals surface area contributed by atoms with Gasteiger partial charge in [-0.15, -0.1) is 0 Å². The van der Waals surface area contributed by atoms with E-state index in [1.54, 1.807) is 0 Å². The standard InChI is InChI=1S/C12H13BrFNO/c1-3-15-6-11-7(2)9-4-8(13)5-10(14)12(9)16-11/h4-5,15H,3,6H2,1-2H3. The van der Waals surface area contributed by atoms with E-state index in [4.69, 9.17) is 4.42 Å². The maximum Gasteiger partial charge on any atom is 0.170 e. The highest BCUT2D eigenvalue weighted by Crippen LogP contribution is 2.30. The lowest BCUT2D eigenvalue weighted by molar-refractivity contribution is 0.496. The number of hydrogen-bond acceptors (Lipinski definition) is 2. The Balaban J connectivity index is 2.54. The predicted octanol–water partition coefficient (Wildman–Crippen LogP) is 3.75. The Labute approximate surface area is 102 Å². The highest BCUT2D eigenvalue weighted by molar-refractivity contribution is 9.10. The van der Waals surface area contributed by atoms with Crippen molar-refractivity contribution in [2.24, 2.45) is 0 Å². The molecule has 0 aliphatic rings. The maximum atomic E-state index is 13.6. The maximum absolute atomic E-state index is 13.6. The number of benzene rings is 1. The van der Waals surface area contributed by atoms with Gasteiger partial charge in [-0.1, -0.05) is 22.9 Å². The lowest BCUT2D eigenvalue weighted by atomic mass is 10.1. The molecule has 1 N–H and O–H groups in total. The lowest BCUT2D eigenvalue weighted by Crippen LogP contribution is -2.11. The molecule has 0 fully saturated rings. The van der Waals surface area contributed by atoms with Gasteiger partial charge >= 0.3 is 0 Å². The molecule has 4 heteroatoms. The third kappa shape index (κ3) is 1.99. The molecule has 0 atom stereocenters. The highest BCUT2D eigenvalue weighted by atomic mass is 79.9. The van der Waals surface area contributed by atoms with Crippen molar-refractivity contribution < 1.29 is 8.81 Å². The number of nitrogens with one attached hydrogen (secondary N) is 1. The fourth-order valence-corrected chi connectivity index (χ4v) is 2.13. The van der Waals surface area contributed by atoms with Crippen LogP contribution in [0.3, 0.4) is 0 Å². The van der Waals surface area contributed by atoms with Crippen LogP contribution in [0, 0.1) is 12.7 Å². The van der Waals surface area contributed by atoms with E-state index < -0.39 is 0 Å². The Kier molecular flexibility index (Phi) is 3.30. The summed E-state index contributed by atoms with van der Waals surface area (Å²) in [5.74, 6) is 0.476.